The second-order valence-electron chi connectivity index (χ2n) is 6.24. The molecule has 0 spiro atoms. The van der Waals surface area contributed by atoms with Crippen LogP contribution in [0.2, 0.25) is 0 Å². The maximum absolute atomic E-state index is 12.3. The fourth-order valence-corrected chi connectivity index (χ4v) is 2.45. The minimum atomic E-state index is -0.405. The van der Waals surface area contributed by atoms with E-state index in [2.05, 4.69) is 20.8 Å². The van der Waals surface area contributed by atoms with Crippen molar-refractivity contribution in [2.45, 2.75) is 20.0 Å². The molecule has 0 bridgehead atoms. The summed E-state index contributed by atoms with van der Waals surface area (Å²) in [6, 6.07) is 19.5. The molecule has 7 heteroatoms. The number of hydrogen-bond acceptors (Lipinski definition) is 6. The molecule has 1 heterocycles. The predicted octanol–water partition coefficient (Wildman–Crippen LogP) is 4.13. The summed E-state index contributed by atoms with van der Waals surface area (Å²) < 4.78 is 5.77. The number of anilines is 3. The third kappa shape index (κ3) is 4.83. The number of hydrogen-bond donors (Lipinski definition) is 2. The van der Waals surface area contributed by atoms with E-state index >= 15 is 0 Å². The molecule has 0 aliphatic heterocycles. The van der Waals surface area contributed by atoms with Gasteiger partial charge in [0.2, 0.25) is 0 Å². The second-order valence-corrected chi connectivity index (χ2v) is 6.24. The van der Waals surface area contributed by atoms with E-state index in [1.54, 1.807) is 36.4 Å². The topological polar surface area (TPSA) is 99.9 Å². The third-order valence-corrected chi connectivity index (χ3v) is 3.66. The van der Waals surface area contributed by atoms with Gasteiger partial charge in [-0.15, -0.1) is 10.2 Å². The summed E-state index contributed by atoms with van der Waals surface area (Å²) in [7, 11) is 0. The largest absolute Gasteiger partial charge is 0.489 e. The van der Waals surface area contributed by atoms with Gasteiger partial charge in [0.05, 0.1) is 23.4 Å². The molecule has 3 rings (SSSR count). The summed E-state index contributed by atoms with van der Waals surface area (Å²) in [5.41, 5.74) is 1.91. The van der Waals surface area contributed by atoms with Crippen LogP contribution in [0.5, 0.6) is 5.75 Å². The Balaban J connectivity index is 1.70. The number of amides is 1. The molecule has 2 N–H and O–H groups in total. The first kappa shape index (κ1) is 18.9. The van der Waals surface area contributed by atoms with Crippen molar-refractivity contribution in [1.29, 1.82) is 5.26 Å². The molecule has 0 unspecified atom stereocenters. The van der Waals surface area contributed by atoms with Crippen LogP contribution in [-0.4, -0.2) is 22.2 Å². The number of nitriles is 1. The average Bonchev–Trinajstić information content (AvgIpc) is 2.70. The van der Waals surface area contributed by atoms with Gasteiger partial charge in [0.1, 0.15) is 5.75 Å². The standard InChI is InChI=1S/C21H19N5O2/c1-14(2)28-19-9-4-3-8-17(19)24-20-11-10-18(25-26-20)21(27)23-16-7-5-6-15(12-16)13-22/h3-12,14H,1-2H3,(H,23,27)(H,24,26). The zero-order valence-electron chi connectivity index (χ0n) is 15.5. The molecule has 3 aromatic rings. The van der Waals surface area contributed by atoms with E-state index in [0.717, 1.165) is 5.69 Å². The number of carbonyl (C=O) groups is 1. The van der Waals surface area contributed by atoms with E-state index < -0.39 is 5.91 Å². The summed E-state index contributed by atoms with van der Waals surface area (Å²) in [5.74, 6) is 0.791. The predicted molar refractivity (Wildman–Crippen MR) is 107 cm³/mol. The average molecular weight is 373 g/mol. The Morgan fingerprint density at radius 3 is 2.61 bits per heavy atom. The Hall–Kier alpha value is -3.92. The first-order valence-electron chi connectivity index (χ1n) is 8.73. The summed E-state index contributed by atoms with van der Waals surface area (Å²) in [5, 5.41) is 22.8. The van der Waals surface area contributed by atoms with E-state index in [0.29, 0.717) is 22.8 Å². The molecule has 0 aliphatic carbocycles. The Morgan fingerprint density at radius 2 is 1.89 bits per heavy atom. The first-order chi connectivity index (χ1) is 13.5. The normalized spacial score (nSPS) is 10.2. The summed E-state index contributed by atoms with van der Waals surface area (Å²) >= 11 is 0. The van der Waals surface area contributed by atoms with Crippen molar-refractivity contribution >= 4 is 23.1 Å². The van der Waals surface area contributed by atoms with E-state index in [1.165, 1.54) is 0 Å². The van der Waals surface area contributed by atoms with Crippen LogP contribution < -0.4 is 15.4 Å². The number of aromatic nitrogens is 2. The summed E-state index contributed by atoms with van der Waals surface area (Å²) in [6.45, 7) is 3.91. The number of ether oxygens (including phenoxy) is 1. The van der Waals surface area contributed by atoms with Crippen LogP contribution in [-0.2, 0) is 0 Å². The third-order valence-electron chi connectivity index (χ3n) is 3.66. The monoisotopic (exact) mass is 373 g/mol. The molecule has 2 aromatic carbocycles. The van der Waals surface area contributed by atoms with Crippen molar-refractivity contribution in [3.63, 3.8) is 0 Å². The fourth-order valence-electron chi connectivity index (χ4n) is 2.45. The van der Waals surface area contributed by atoms with Crippen molar-refractivity contribution in [2.75, 3.05) is 10.6 Å². The zero-order chi connectivity index (χ0) is 19.9. The molecular weight excluding hydrogens is 354 g/mol. The smallest absolute Gasteiger partial charge is 0.276 e. The van der Waals surface area contributed by atoms with E-state index in [9.17, 15) is 4.79 Å². The van der Waals surface area contributed by atoms with Gasteiger partial charge in [0.15, 0.2) is 11.5 Å². The van der Waals surface area contributed by atoms with Crippen LogP contribution in [0.25, 0.3) is 0 Å². The molecule has 0 radical (unpaired) electrons. The van der Waals surface area contributed by atoms with Crippen LogP contribution in [0, 0.1) is 11.3 Å². The Morgan fingerprint density at radius 1 is 1.07 bits per heavy atom. The molecule has 1 amide bonds. The molecule has 0 fully saturated rings. The molecule has 140 valence electrons. The van der Waals surface area contributed by atoms with Gasteiger partial charge in [0.25, 0.3) is 5.91 Å². The highest BCUT2D eigenvalue weighted by Crippen LogP contribution is 2.27. The number of benzene rings is 2. The highest BCUT2D eigenvalue weighted by molar-refractivity contribution is 6.02. The maximum atomic E-state index is 12.3. The van der Waals surface area contributed by atoms with Gasteiger partial charge >= 0.3 is 0 Å². The van der Waals surface area contributed by atoms with Gasteiger partial charge in [0, 0.05) is 5.69 Å². The lowest BCUT2D eigenvalue weighted by molar-refractivity contribution is 0.102. The highest BCUT2D eigenvalue weighted by Gasteiger charge is 2.11. The van der Waals surface area contributed by atoms with Crippen molar-refractivity contribution in [1.82, 2.24) is 10.2 Å². The molecule has 28 heavy (non-hydrogen) atoms. The van der Waals surface area contributed by atoms with Crippen LogP contribution in [0.1, 0.15) is 29.9 Å². The van der Waals surface area contributed by atoms with Crippen molar-refractivity contribution in [3.05, 3.63) is 71.9 Å². The van der Waals surface area contributed by atoms with Crippen molar-refractivity contribution in [2.24, 2.45) is 0 Å². The van der Waals surface area contributed by atoms with Crippen LogP contribution in [0.4, 0.5) is 17.2 Å². The lowest BCUT2D eigenvalue weighted by atomic mass is 10.2. The van der Waals surface area contributed by atoms with Crippen molar-refractivity contribution in [3.8, 4) is 11.8 Å². The van der Waals surface area contributed by atoms with Gasteiger partial charge < -0.3 is 15.4 Å². The molecule has 0 saturated carbocycles. The fraction of sp³-hybridized carbons (Fsp3) is 0.143. The number of nitrogens with zero attached hydrogens (tertiary/aromatic N) is 3. The van der Waals surface area contributed by atoms with E-state index in [-0.39, 0.29) is 11.8 Å². The zero-order valence-corrected chi connectivity index (χ0v) is 15.5. The maximum Gasteiger partial charge on any atom is 0.276 e. The van der Waals surface area contributed by atoms with E-state index in [4.69, 9.17) is 10.00 Å². The Labute approximate surface area is 163 Å². The van der Waals surface area contributed by atoms with E-state index in [1.807, 2.05) is 44.2 Å². The molecule has 1 aromatic heterocycles. The minimum Gasteiger partial charge on any atom is -0.489 e. The Bertz CT molecular complexity index is 1010. The van der Waals surface area contributed by atoms with Gasteiger partial charge in [-0.05, 0) is 56.3 Å². The second kappa shape index (κ2) is 8.64. The molecule has 0 aliphatic rings. The number of rotatable bonds is 6. The van der Waals surface area contributed by atoms with Gasteiger partial charge in [-0.2, -0.15) is 5.26 Å². The minimum absolute atomic E-state index is 0.0413. The quantitative estimate of drug-likeness (QED) is 0.674. The van der Waals surface area contributed by atoms with Crippen molar-refractivity contribution < 1.29 is 9.53 Å². The summed E-state index contributed by atoms with van der Waals surface area (Å²) in [4.78, 5) is 12.3. The lowest BCUT2D eigenvalue weighted by Gasteiger charge is -2.14. The number of carbonyl (C=O) groups excluding carboxylic acids is 1. The molecular formula is C21H19N5O2. The highest BCUT2D eigenvalue weighted by atomic mass is 16.5. The number of nitrogens with one attached hydrogen (secondary N) is 2. The van der Waals surface area contributed by atoms with Gasteiger partial charge in [-0.1, -0.05) is 18.2 Å². The Kier molecular flexibility index (Phi) is 5.82. The molecule has 0 atom stereocenters. The van der Waals surface area contributed by atoms with Gasteiger partial charge in [-0.25, -0.2) is 0 Å². The van der Waals surface area contributed by atoms with Gasteiger partial charge in [-0.3, -0.25) is 4.79 Å². The SMILES string of the molecule is CC(C)Oc1ccccc1Nc1ccc(C(=O)Nc2cccc(C#N)c2)nn1. The summed E-state index contributed by atoms with van der Waals surface area (Å²) in [6.07, 6.45) is 0.0413. The van der Waals surface area contributed by atoms with Crippen LogP contribution in [0.15, 0.2) is 60.7 Å². The number of para-hydroxylation sites is 2. The molecule has 7 nitrogen and oxygen atoms in total. The first-order valence-corrected chi connectivity index (χ1v) is 8.73. The lowest BCUT2D eigenvalue weighted by Crippen LogP contribution is -2.14. The molecule has 0 saturated heterocycles. The van der Waals surface area contributed by atoms with Crippen LogP contribution >= 0.6 is 0 Å². The van der Waals surface area contributed by atoms with Crippen LogP contribution in [0.3, 0.4) is 0 Å².